The van der Waals surface area contributed by atoms with Crippen LogP contribution in [-0.2, 0) is 12.8 Å². The number of fused-ring (bicyclic) bond motifs is 1. The molecule has 3 aromatic carbocycles. The number of ether oxygens (including phenoxy) is 3. The summed E-state index contributed by atoms with van der Waals surface area (Å²) < 4.78 is 17.5. The highest BCUT2D eigenvalue weighted by molar-refractivity contribution is 6.00. The van der Waals surface area contributed by atoms with Crippen LogP contribution in [0.2, 0.25) is 0 Å². The van der Waals surface area contributed by atoms with Crippen molar-refractivity contribution < 1.29 is 33.7 Å². The minimum atomic E-state index is -1.08. The first-order chi connectivity index (χ1) is 20.5. The summed E-state index contributed by atoms with van der Waals surface area (Å²) in [5.41, 5.74) is 2.74. The van der Waals surface area contributed by atoms with Crippen LogP contribution in [0.25, 0.3) is 0 Å². The second kappa shape index (κ2) is 15.8. The molecule has 0 heterocycles. The summed E-state index contributed by atoms with van der Waals surface area (Å²) in [5.74, 6) is -1.89. The number of carboxylic acid groups (broad SMARTS) is 1. The number of benzene rings is 3. The molecule has 1 aliphatic carbocycles. The van der Waals surface area contributed by atoms with Crippen LogP contribution in [0.15, 0.2) is 60.7 Å². The summed E-state index contributed by atoms with van der Waals surface area (Å²) in [6, 6.07) is 16.1. The molecule has 1 N–H and O–H groups in total. The number of carbonyl (C=O) groups excluding carboxylic acids is 2. The molecule has 7 heteroatoms. The van der Waals surface area contributed by atoms with Crippen LogP contribution in [0.3, 0.4) is 0 Å². The summed E-state index contributed by atoms with van der Waals surface area (Å²) >= 11 is 0. The van der Waals surface area contributed by atoms with E-state index in [1.807, 2.05) is 12.1 Å². The fraction of sp³-hybridized carbons (Fsp3) is 0.400. The second-order valence-corrected chi connectivity index (χ2v) is 10.7. The van der Waals surface area contributed by atoms with E-state index >= 15 is 0 Å². The van der Waals surface area contributed by atoms with E-state index in [1.165, 1.54) is 56.4 Å². The van der Waals surface area contributed by atoms with Crippen molar-refractivity contribution in [3.05, 3.63) is 88.5 Å². The van der Waals surface area contributed by atoms with Gasteiger partial charge in [0.1, 0.15) is 22.8 Å². The zero-order valence-electron chi connectivity index (χ0n) is 24.4. The van der Waals surface area contributed by atoms with Crippen molar-refractivity contribution in [2.45, 2.75) is 84.0 Å². The van der Waals surface area contributed by atoms with Gasteiger partial charge in [0, 0.05) is 0 Å². The first-order valence-corrected chi connectivity index (χ1v) is 15.1. The predicted molar refractivity (Wildman–Crippen MR) is 161 cm³/mol. The fourth-order valence-electron chi connectivity index (χ4n) is 5.29. The van der Waals surface area contributed by atoms with Gasteiger partial charge in [-0.25, -0.2) is 14.4 Å². The molecule has 0 atom stereocenters. The lowest BCUT2D eigenvalue weighted by Crippen LogP contribution is -2.18. The van der Waals surface area contributed by atoms with Gasteiger partial charge in [-0.2, -0.15) is 0 Å². The normalized spacial score (nSPS) is 12.3. The lowest BCUT2D eigenvalue weighted by atomic mass is 9.88. The van der Waals surface area contributed by atoms with E-state index in [2.05, 4.69) is 6.92 Å². The van der Waals surface area contributed by atoms with Gasteiger partial charge in [-0.15, -0.1) is 0 Å². The third-order valence-electron chi connectivity index (χ3n) is 7.58. The molecule has 0 saturated carbocycles. The van der Waals surface area contributed by atoms with Crippen molar-refractivity contribution in [1.29, 1.82) is 0 Å². The maximum atomic E-state index is 13.5. The highest BCUT2D eigenvalue weighted by atomic mass is 16.6. The Kier molecular flexibility index (Phi) is 11.6. The monoisotopic (exact) mass is 572 g/mol. The van der Waals surface area contributed by atoms with Crippen LogP contribution in [0.4, 0.5) is 0 Å². The van der Waals surface area contributed by atoms with Crippen LogP contribution in [0, 0.1) is 0 Å². The Morgan fingerprint density at radius 1 is 0.714 bits per heavy atom. The quantitative estimate of drug-likeness (QED) is 0.111. The molecule has 3 aromatic rings. The molecule has 0 saturated heterocycles. The van der Waals surface area contributed by atoms with E-state index in [1.54, 1.807) is 24.3 Å². The van der Waals surface area contributed by atoms with Crippen LogP contribution in [0.1, 0.15) is 113 Å². The van der Waals surface area contributed by atoms with E-state index < -0.39 is 17.9 Å². The lowest BCUT2D eigenvalue weighted by molar-refractivity contribution is 0.0688. The molecule has 1 aliphatic rings. The lowest BCUT2D eigenvalue weighted by Gasteiger charge is -2.19. The van der Waals surface area contributed by atoms with Gasteiger partial charge in [-0.05, 0) is 85.7 Å². The molecule has 0 aromatic heterocycles. The Bertz CT molecular complexity index is 1360. The van der Waals surface area contributed by atoms with Crippen LogP contribution in [0.5, 0.6) is 17.2 Å². The predicted octanol–water partition coefficient (Wildman–Crippen LogP) is 8.22. The van der Waals surface area contributed by atoms with E-state index in [0.717, 1.165) is 56.1 Å². The van der Waals surface area contributed by atoms with Crippen molar-refractivity contribution in [3.63, 3.8) is 0 Å². The number of carboxylic acids is 1. The topological polar surface area (TPSA) is 99.1 Å². The van der Waals surface area contributed by atoms with Gasteiger partial charge in [0.25, 0.3) is 0 Å². The Morgan fingerprint density at radius 3 is 2.12 bits per heavy atom. The third kappa shape index (κ3) is 8.44. The summed E-state index contributed by atoms with van der Waals surface area (Å²) in [5, 5.41) is 9.17. The van der Waals surface area contributed by atoms with Gasteiger partial charge in [-0.3, -0.25) is 0 Å². The zero-order valence-corrected chi connectivity index (χ0v) is 24.4. The molecule has 0 radical (unpaired) electrons. The molecule has 0 unspecified atom stereocenters. The minimum Gasteiger partial charge on any atom is -0.493 e. The van der Waals surface area contributed by atoms with E-state index in [0.29, 0.717) is 12.2 Å². The van der Waals surface area contributed by atoms with Crippen LogP contribution in [-0.4, -0.2) is 29.6 Å². The van der Waals surface area contributed by atoms with Crippen molar-refractivity contribution in [1.82, 2.24) is 0 Å². The number of hydrogen-bond donors (Lipinski definition) is 1. The molecular weight excluding hydrogens is 532 g/mol. The number of esters is 2. The zero-order chi connectivity index (χ0) is 29.7. The molecule has 0 spiro atoms. The molecule has 4 rings (SSSR count). The van der Waals surface area contributed by atoms with E-state index in [-0.39, 0.29) is 28.4 Å². The summed E-state index contributed by atoms with van der Waals surface area (Å²) in [4.78, 5) is 38.1. The number of aryl methyl sites for hydroxylation is 1. The fourth-order valence-corrected chi connectivity index (χ4v) is 5.29. The molecule has 0 amide bonds. The Balaban J connectivity index is 1.51. The van der Waals surface area contributed by atoms with Gasteiger partial charge >= 0.3 is 17.9 Å². The van der Waals surface area contributed by atoms with Gasteiger partial charge in [0.05, 0.1) is 17.7 Å². The first kappa shape index (κ1) is 30.8. The maximum Gasteiger partial charge on any atom is 0.351 e. The molecule has 222 valence electrons. The number of aromatic carboxylic acids is 1. The average molecular weight is 573 g/mol. The number of carbonyl (C=O) groups is 3. The molecule has 0 fully saturated rings. The van der Waals surface area contributed by atoms with E-state index in [9.17, 15) is 19.5 Å². The van der Waals surface area contributed by atoms with Gasteiger partial charge in [-0.1, -0.05) is 70.1 Å². The summed E-state index contributed by atoms with van der Waals surface area (Å²) in [7, 11) is 0. The number of hydrogen-bond acceptors (Lipinski definition) is 6. The minimum absolute atomic E-state index is 0.0116. The molecule has 42 heavy (non-hydrogen) atoms. The van der Waals surface area contributed by atoms with Gasteiger partial charge in [0.15, 0.2) is 0 Å². The maximum absolute atomic E-state index is 13.5. The third-order valence-corrected chi connectivity index (χ3v) is 7.58. The largest absolute Gasteiger partial charge is 0.493 e. The van der Waals surface area contributed by atoms with Crippen LogP contribution >= 0.6 is 0 Å². The molecule has 0 aliphatic heterocycles. The van der Waals surface area contributed by atoms with Gasteiger partial charge < -0.3 is 19.3 Å². The van der Waals surface area contributed by atoms with Crippen molar-refractivity contribution in [3.8, 4) is 17.2 Å². The molecular formula is C35H40O7. The van der Waals surface area contributed by atoms with Crippen molar-refractivity contribution in [2.24, 2.45) is 0 Å². The molecule has 0 bridgehead atoms. The smallest absolute Gasteiger partial charge is 0.351 e. The first-order valence-electron chi connectivity index (χ1n) is 15.1. The second-order valence-electron chi connectivity index (χ2n) is 10.7. The molecule has 7 nitrogen and oxygen atoms in total. The summed E-state index contributed by atoms with van der Waals surface area (Å²) in [6.45, 7) is 2.62. The average Bonchev–Trinajstić information content (AvgIpc) is 3.00. The standard InChI is InChI=1S/C35H40O7/c1-2-3-4-5-6-7-8-11-24-40-30-18-13-19-31(32(30)35(39)41-27-22-20-26(21-23-27)33(36)37)42-34(38)29-17-12-15-25-14-9-10-16-28(25)29/h12-13,15,17-23H,2-11,14,16,24H2,1H3,(H,36,37). The summed E-state index contributed by atoms with van der Waals surface area (Å²) in [6.07, 6.45) is 13.1. The van der Waals surface area contributed by atoms with Crippen molar-refractivity contribution >= 4 is 17.9 Å². The van der Waals surface area contributed by atoms with Crippen molar-refractivity contribution in [2.75, 3.05) is 6.61 Å². The van der Waals surface area contributed by atoms with E-state index in [4.69, 9.17) is 14.2 Å². The highest BCUT2D eigenvalue weighted by Gasteiger charge is 2.25. The highest BCUT2D eigenvalue weighted by Crippen LogP contribution is 2.32. The van der Waals surface area contributed by atoms with Gasteiger partial charge in [0.2, 0.25) is 0 Å². The number of unbranched alkanes of at least 4 members (excludes halogenated alkanes) is 7. The Morgan fingerprint density at radius 2 is 1.38 bits per heavy atom. The Hall–Kier alpha value is -4.13. The SMILES string of the molecule is CCCCCCCCCCOc1cccc(OC(=O)c2cccc3c2CCCC3)c1C(=O)Oc1ccc(C(=O)O)cc1. The number of rotatable bonds is 15. The van der Waals surface area contributed by atoms with Crippen LogP contribution < -0.4 is 14.2 Å². The Labute approximate surface area is 247 Å².